The van der Waals surface area contributed by atoms with Crippen molar-refractivity contribution in [2.75, 3.05) is 13.1 Å². The van der Waals surface area contributed by atoms with Gasteiger partial charge in [-0.2, -0.15) is 25.4 Å². The third-order valence-corrected chi connectivity index (χ3v) is 6.06. The van der Waals surface area contributed by atoms with Crippen LogP contribution in [0.4, 0.5) is 4.39 Å². The smallest absolute Gasteiger partial charge is 0.155 e. The lowest BCUT2D eigenvalue weighted by Gasteiger charge is -2.21. The number of hydrogen-bond donors (Lipinski definition) is 1. The molecule has 0 saturated carbocycles. The second kappa shape index (κ2) is 7.85. The summed E-state index contributed by atoms with van der Waals surface area (Å²) in [7, 11) is 0. The van der Waals surface area contributed by atoms with Gasteiger partial charge in [0.1, 0.15) is 16.8 Å². The minimum atomic E-state index is -0.417. The Morgan fingerprint density at radius 1 is 1.30 bits per heavy atom. The highest BCUT2D eigenvalue weighted by Crippen LogP contribution is 2.35. The maximum absolute atomic E-state index is 14.2. The maximum atomic E-state index is 14.2. The number of nitriles is 1. The van der Waals surface area contributed by atoms with Crippen LogP contribution in [-0.4, -0.2) is 42.7 Å². The number of rotatable bonds is 4. The molecule has 4 aromatic rings. The highest BCUT2D eigenvalue weighted by molar-refractivity contribution is 7.99. The minimum Gasteiger partial charge on any atom is -0.315 e. The molecule has 1 saturated heterocycles. The molecule has 150 valence electrons. The zero-order valence-electron chi connectivity index (χ0n) is 15.9. The molecular weight excluding hydrogens is 403 g/mol. The Kier molecular flexibility index (Phi) is 4.90. The molecule has 10 heteroatoms. The van der Waals surface area contributed by atoms with Gasteiger partial charge in [0.05, 0.1) is 29.5 Å². The first-order valence-electron chi connectivity index (χ1n) is 9.55. The molecule has 0 aliphatic carbocycles. The predicted molar refractivity (Wildman–Crippen MR) is 108 cm³/mol. The second-order valence-electron chi connectivity index (χ2n) is 7.00. The van der Waals surface area contributed by atoms with E-state index in [2.05, 4.69) is 31.7 Å². The Morgan fingerprint density at radius 3 is 3.03 bits per heavy atom. The van der Waals surface area contributed by atoms with Crippen molar-refractivity contribution in [2.24, 2.45) is 0 Å². The van der Waals surface area contributed by atoms with Gasteiger partial charge in [-0.05, 0) is 37.6 Å². The van der Waals surface area contributed by atoms with Crippen LogP contribution < -0.4 is 5.32 Å². The second-order valence-corrected chi connectivity index (χ2v) is 8.03. The van der Waals surface area contributed by atoms with Gasteiger partial charge in [-0.15, -0.1) is 0 Å². The standard InChI is InChI=1S/C20H17FN8S/c21-16-4-2-6-24-20(16)30-18-7-13(12-28-19(18)14(8-22)9-25-28)17-11-26-29(27-17)15-3-1-5-23-10-15/h2,4,6-7,9,11-12,15,23H,1,3,5,10H2. The van der Waals surface area contributed by atoms with Gasteiger partial charge in [-0.25, -0.2) is 13.9 Å². The van der Waals surface area contributed by atoms with Crippen LogP contribution in [0.15, 0.2) is 52.9 Å². The average molecular weight is 420 g/mol. The molecule has 4 aromatic heterocycles. The molecule has 0 aromatic carbocycles. The molecule has 1 N–H and O–H groups in total. The van der Waals surface area contributed by atoms with Crippen LogP contribution in [0.25, 0.3) is 16.8 Å². The maximum Gasteiger partial charge on any atom is 0.155 e. The van der Waals surface area contributed by atoms with Gasteiger partial charge in [-0.3, -0.25) is 0 Å². The van der Waals surface area contributed by atoms with Crippen LogP contribution in [0.2, 0.25) is 0 Å². The van der Waals surface area contributed by atoms with Gasteiger partial charge in [0.2, 0.25) is 0 Å². The lowest BCUT2D eigenvalue weighted by atomic mass is 10.1. The topological polar surface area (TPSA) is 96.7 Å². The number of fused-ring (bicyclic) bond motifs is 1. The van der Waals surface area contributed by atoms with Crippen LogP contribution in [0.5, 0.6) is 0 Å². The fourth-order valence-electron chi connectivity index (χ4n) is 3.55. The largest absolute Gasteiger partial charge is 0.315 e. The van der Waals surface area contributed by atoms with E-state index >= 15 is 0 Å². The summed E-state index contributed by atoms with van der Waals surface area (Å²) in [6, 6.07) is 7.16. The monoisotopic (exact) mass is 420 g/mol. The molecule has 30 heavy (non-hydrogen) atoms. The first kappa shape index (κ1) is 18.7. The molecule has 5 rings (SSSR count). The van der Waals surface area contributed by atoms with E-state index in [9.17, 15) is 9.65 Å². The molecule has 0 bridgehead atoms. The van der Waals surface area contributed by atoms with Gasteiger partial charge in [0.15, 0.2) is 5.82 Å². The van der Waals surface area contributed by atoms with Gasteiger partial charge < -0.3 is 5.32 Å². The van der Waals surface area contributed by atoms with Crippen LogP contribution in [0.1, 0.15) is 24.4 Å². The summed E-state index contributed by atoms with van der Waals surface area (Å²) in [4.78, 5) is 6.55. The first-order chi connectivity index (χ1) is 14.7. The molecule has 5 heterocycles. The lowest BCUT2D eigenvalue weighted by Crippen LogP contribution is -2.32. The van der Waals surface area contributed by atoms with E-state index in [0.717, 1.165) is 43.3 Å². The van der Waals surface area contributed by atoms with Crippen molar-refractivity contribution in [3.8, 4) is 17.3 Å². The quantitative estimate of drug-likeness (QED) is 0.542. The van der Waals surface area contributed by atoms with E-state index < -0.39 is 5.82 Å². The molecule has 0 amide bonds. The zero-order valence-corrected chi connectivity index (χ0v) is 16.7. The van der Waals surface area contributed by atoms with E-state index in [0.29, 0.717) is 21.7 Å². The molecular formula is C20H17FN8S. The molecule has 1 aliphatic heterocycles. The summed E-state index contributed by atoms with van der Waals surface area (Å²) in [5.74, 6) is -0.417. The molecule has 8 nitrogen and oxygen atoms in total. The Bertz CT molecular complexity index is 1250. The van der Waals surface area contributed by atoms with Crippen molar-refractivity contribution in [2.45, 2.75) is 28.8 Å². The van der Waals surface area contributed by atoms with Crippen molar-refractivity contribution in [3.05, 3.63) is 54.4 Å². The SMILES string of the molecule is N#Cc1cnn2cc(-c3cnn(C4CCCNC4)n3)cc(Sc3ncccc3F)c12. The number of piperidine rings is 1. The number of hydrogen-bond acceptors (Lipinski definition) is 7. The highest BCUT2D eigenvalue weighted by Gasteiger charge is 2.19. The summed E-state index contributed by atoms with van der Waals surface area (Å²) in [5.41, 5.74) is 2.50. The third-order valence-electron chi connectivity index (χ3n) is 5.03. The first-order valence-corrected chi connectivity index (χ1v) is 10.4. The van der Waals surface area contributed by atoms with Crippen molar-refractivity contribution in [1.29, 1.82) is 5.26 Å². The van der Waals surface area contributed by atoms with Gasteiger partial charge in [0.25, 0.3) is 0 Å². The van der Waals surface area contributed by atoms with Gasteiger partial charge in [-0.1, -0.05) is 11.8 Å². The Balaban J connectivity index is 1.58. The van der Waals surface area contributed by atoms with Crippen molar-refractivity contribution >= 4 is 17.3 Å². The van der Waals surface area contributed by atoms with Gasteiger partial charge >= 0.3 is 0 Å². The van der Waals surface area contributed by atoms with Gasteiger partial charge in [0, 0.05) is 29.4 Å². The molecule has 1 atom stereocenters. The highest BCUT2D eigenvalue weighted by atomic mass is 32.2. The Labute approximate surface area is 175 Å². The van der Waals surface area contributed by atoms with E-state index in [1.807, 2.05) is 12.3 Å². The van der Waals surface area contributed by atoms with Crippen LogP contribution in [-0.2, 0) is 0 Å². The molecule has 1 fully saturated rings. The normalized spacial score (nSPS) is 16.6. The van der Waals surface area contributed by atoms with Crippen LogP contribution in [0.3, 0.4) is 0 Å². The van der Waals surface area contributed by atoms with Crippen molar-refractivity contribution in [1.82, 2.24) is 34.9 Å². The van der Waals surface area contributed by atoms with E-state index in [4.69, 9.17) is 0 Å². The lowest BCUT2D eigenvalue weighted by molar-refractivity contribution is 0.318. The fraction of sp³-hybridized carbons (Fsp3) is 0.250. The number of pyridine rings is 2. The van der Waals surface area contributed by atoms with Crippen LogP contribution >= 0.6 is 11.8 Å². The fourth-order valence-corrected chi connectivity index (χ4v) is 4.52. The molecule has 0 radical (unpaired) electrons. The predicted octanol–water partition coefficient (Wildman–Crippen LogP) is 3.07. The number of halogens is 1. The zero-order chi connectivity index (χ0) is 20.5. The summed E-state index contributed by atoms with van der Waals surface area (Å²) in [6.45, 7) is 1.87. The minimum absolute atomic E-state index is 0.225. The van der Waals surface area contributed by atoms with Crippen molar-refractivity contribution < 1.29 is 4.39 Å². The van der Waals surface area contributed by atoms with E-state index in [-0.39, 0.29) is 11.1 Å². The van der Waals surface area contributed by atoms with E-state index in [1.54, 1.807) is 21.6 Å². The molecule has 1 aliphatic rings. The summed E-state index contributed by atoms with van der Waals surface area (Å²) in [5, 5.41) is 26.5. The Morgan fingerprint density at radius 2 is 2.23 bits per heavy atom. The summed E-state index contributed by atoms with van der Waals surface area (Å²) >= 11 is 1.16. The summed E-state index contributed by atoms with van der Waals surface area (Å²) < 4.78 is 15.8. The summed E-state index contributed by atoms with van der Waals surface area (Å²) in [6.07, 6.45) is 8.70. The Hall–Kier alpha value is -3.29. The number of nitrogens with zero attached hydrogens (tertiary/aromatic N) is 7. The number of aromatic nitrogens is 6. The van der Waals surface area contributed by atoms with Crippen molar-refractivity contribution in [3.63, 3.8) is 0 Å². The van der Waals surface area contributed by atoms with E-state index in [1.165, 1.54) is 18.5 Å². The molecule has 1 unspecified atom stereocenters. The average Bonchev–Trinajstić information content (AvgIpc) is 3.43. The molecule has 0 spiro atoms. The number of nitrogens with one attached hydrogen (secondary N) is 1. The third kappa shape index (κ3) is 3.42. The van der Waals surface area contributed by atoms with Crippen LogP contribution in [0, 0.1) is 17.1 Å².